The van der Waals surface area contributed by atoms with Gasteiger partial charge < -0.3 is 31.1 Å². The zero-order chi connectivity index (χ0) is 31.9. The molecule has 0 saturated heterocycles. The molecular weight excluding hydrogens is 560 g/mol. The predicted molar refractivity (Wildman–Crippen MR) is 163 cm³/mol. The van der Waals surface area contributed by atoms with Gasteiger partial charge in [0.2, 0.25) is 5.91 Å². The highest BCUT2D eigenvalue weighted by Gasteiger charge is 2.10. The molecule has 220 valence electrons. The summed E-state index contributed by atoms with van der Waals surface area (Å²) < 4.78 is 0. The number of carbonyl (C=O) groups is 2. The van der Waals surface area contributed by atoms with Crippen LogP contribution in [0.4, 0.5) is 0 Å². The summed E-state index contributed by atoms with van der Waals surface area (Å²) in [4.78, 5) is 23.9. The van der Waals surface area contributed by atoms with Crippen molar-refractivity contribution in [3.63, 3.8) is 0 Å². The van der Waals surface area contributed by atoms with E-state index in [1.165, 1.54) is 42.5 Å². The van der Waals surface area contributed by atoms with Gasteiger partial charge in [0.15, 0.2) is 23.0 Å². The summed E-state index contributed by atoms with van der Waals surface area (Å²) in [6.45, 7) is 0.676. The maximum Gasteiger partial charge on any atom is 0.262 e. The molecule has 0 radical (unpaired) electrons. The summed E-state index contributed by atoms with van der Waals surface area (Å²) in [5.74, 6) is -2.11. The number of hydrogen-bond donors (Lipinski definition) is 6. The lowest BCUT2D eigenvalue weighted by Gasteiger charge is -2.05. The molecule has 44 heavy (non-hydrogen) atoms. The lowest BCUT2D eigenvalue weighted by atomic mass is 10.1. The Morgan fingerprint density at radius 3 is 1.73 bits per heavy atom. The Morgan fingerprint density at radius 2 is 1.20 bits per heavy atom. The molecule has 4 aromatic carbocycles. The average Bonchev–Trinajstić information content (AvgIpc) is 3.04. The quantitative estimate of drug-likeness (QED) is 0.0975. The Kier molecular flexibility index (Phi) is 11.7. The summed E-state index contributed by atoms with van der Waals surface area (Å²) >= 11 is 0. The molecular formula is C34H28N4O6. The Bertz CT molecular complexity index is 1750. The van der Waals surface area contributed by atoms with Crippen LogP contribution in [0.25, 0.3) is 11.6 Å². The topological polar surface area (TPSA) is 187 Å². The van der Waals surface area contributed by atoms with Gasteiger partial charge in [-0.1, -0.05) is 66.7 Å². The van der Waals surface area contributed by atoms with Gasteiger partial charge in [-0.3, -0.25) is 9.59 Å². The first kappa shape index (κ1) is 32.0. The molecule has 10 nitrogen and oxygen atoms in total. The molecule has 0 atom stereocenters. The molecule has 2 amide bonds. The molecule has 0 heterocycles. The van der Waals surface area contributed by atoms with Crippen molar-refractivity contribution in [2.45, 2.75) is 13.1 Å². The van der Waals surface area contributed by atoms with Crippen molar-refractivity contribution in [2.24, 2.45) is 0 Å². The number of nitrogens with zero attached hydrogens (tertiary/aromatic N) is 2. The molecule has 0 fully saturated rings. The highest BCUT2D eigenvalue weighted by Crippen LogP contribution is 2.28. The minimum atomic E-state index is -0.501. The van der Waals surface area contributed by atoms with E-state index >= 15 is 0 Å². The van der Waals surface area contributed by atoms with Crippen molar-refractivity contribution >= 4 is 23.5 Å². The van der Waals surface area contributed by atoms with E-state index in [0.29, 0.717) is 24.2 Å². The maximum atomic E-state index is 12.0. The second-order valence-corrected chi connectivity index (χ2v) is 9.16. The average molecular weight is 589 g/mol. The zero-order valence-corrected chi connectivity index (χ0v) is 23.3. The molecule has 0 unspecified atom stereocenters. The van der Waals surface area contributed by atoms with Crippen LogP contribution in [0.5, 0.6) is 23.0 Å². The van der Waals surface area contributed by atoms with Gasteiger partial charge in [-0.05, 0) is 58.7 Å². The fourth-order valence-corrected chi connectivity index (χ4v) is 3.66. The number of carbonyl (C=O) groups excluding carboxylic acids is 2. The molecule has 0 aliphatic rings. The van der Waals surface area contributed by atoms with E-state index in [1.807, 2.05) is 72.8 Å². The summed E-state index contributed by atoms with van der Waals surface area (Å²) in [5, 5.41) is 60.9. The maximum absolute atomic E-state index is 12.0. The number of rotatable bonds is 8. The van der Waals surface area contributed by atoms with Crippen molar-refractivity contribution in [3.05, 3.63) is 131 Å². The number of allylic oxidation sites excluding steroid dienone is 1. The van der Waals surface area contributed by atoms with E-state index in [4.69, 9.17) is 10.5 Å². The lowest BCUT2D eigenvalue weighted by Crippen LogP contribution is -2.23. The van der Waals surface area contributed by atoms with Crippen LogP contribution in [0.15, 0.2) is 109 Å². The largest absolute Gasteiger partial charge is 0.504 e. The Morgan fingerprint density at radius 1 is 0.659 bits per heavy atom. The van der Waals surface area contributed by atoms with Gasteiger partial charge in [0.25, 0.3) is 5.91 Å². The first-order valence-electron chi connectivity index (χ1n) is 13.1. The van der Waals surface area contributed by atoms with Crippen molar-refractivity contribution in [1.29, 1.82) is 10.5 Å². The molecule has 10 heteroatoms. The van der Waals surface area contributed by atoms with E-state index in [1.54, 1.807) is 0 Å². The van der Waals surface area contributed by atoms with Crippen LogP contribution in [0.3, 0.4) is 0 Å². The number of hydrogen-bond acceptors (Lipinski definition) is 8. The minimum absolute atomic E-state index is 0.0824. The van der Waals surface area contributed by atoms with E-state index in [-0.39, 0.29) is 34.1 Å². The number of phenolic OH excluding ortho intramolecular Hbond substituents is 4. The van der Waals surface area contributed by atoms with E-state index in [2.05, 4.69) is 10.6 Å². The standard InChI is InChI=1S/2C17H14N2O3/c18-10-14(13-6-7-15(20)16(21)8-13)9-17(22)19-11-12-4-2-1-3-5-12;18-10-14(8-13-6-7-15(20)16(21)9-13)17(22)19-11-12-4-2-1-3-5-12/h2*1-9,20-21H,11H2,(H,19,22). The molecule has 0 aromatic heterocycles. The minimum Gasteiger partial charge on any atom is -0.504 e. The number of phenols is 4. The fraction of sp³-hybridized carbons (Fsp3) is 0.0588. The SMILES string of the molecule is N#CC(=CC(=O)NCc1ccccc1)c1ccc(O)c(O)c1.N#CC(=Cc1ccc(O)c(O)c1)C(=O)NCc1ccccc1. The Labute approximate surface area is 253 Å². The van der Waals surface area contributed by atoms with Crippen LogP contribution in [0, 0.1) is 22.7 Å². The first-order chi connectivity index (χ1) is 21.2. The zero-order valence-electron chi connectivity index (χ0n) is 23.3. The highest BCUT2D eigenvalue weighted by molar-refractivity contribution is 6.01. The number of benzene rings is 4. The van der Waals surface area contributed by atoms with Crippen LogP contribution in [0.2, 0.25) is 0 Å². The van der Waals surface area contributed by atoms with Gasteiger partial charge >= 0.3 is 0 Å². The second-order valence-electron chi connectivity index (χ2n) is 9.16. The van der Waals surface area contributed by atoms with Gasteiger partial charge in [0, 0.05) is 19.2 Å². The van der Waals surface area contributed by atoms with Gasteiger partial charge in [-0.15, -0.1) is 0 Å². The second kappa shape index (κ2) is 16.1. The Balaban J connectivity index is 0.000000240. The summed E-state index contributed by atoms with van der Waals surface area (Å²) in [5.41, 5.74) is 2.69. The van der Waals surface area contributed by atoms with Gasteiger partial charge in [-0.25, -0.2) is 0 Å². The summed E-state index contributed by atoms with van der Waals surface area (Å²) in [7, 11) is 0. The normalized spacial score (nSPS) is 10.8. The third-order valence-corrected chi connectivity index (χ3v) is 5.96. The number of nitrogens with one attached hydrogen (secondary N) is 2. The van der Waals surface area contributed by atoms with Gasteiger partial charge in [-0.2, -0.15) is 10.5 Å². The van der Waals surface area contributed by atoms with Gasteiger partial charge in [0.05, 0.1) is 11.6 Å². The van der Waals surface area contributed by atoms with Crippen LogP contribution >= 0.6 is 0 Å². The number of nitriles is 2. The Hall–Kier alpha value is -6.52. The van der Waals surface area contributed by atoms with Gasteiger partial charge in [0.1, 0.15) is 11.6 Å². The van der Waals surface area contributed by atoms with E-state index < -0.39 is 11.8 Å². The molecule has 0 bridgehead atoms. The smallest absolute Gasteiger partial charge is 0.262 e. The molecule has 0 spiro atoms. The highest BCUT2D eigenvalue weighted by atomic mass is 16.3. The van der Waals surface area contributed by atoms with Crippen molar-refractivity contribution < 1.29 is 30.0 Å². The fourth-order valence-electron chi connectivity index (χ4n) is 3.66. The molecule has 0 saturated carbocycles. The van der Waals surface area contributed by atoms with Crippen molar-refractivity contribution in [2.75, 3.05) is 0 Å². The lowest BCUT2D eigenvalue weighted by molar-refractivity contribution is -0.117. The van der Waals surface area contributed by atoms with Crippen LogP contribution in [0.1, 0.15) is 22.3 Å². The molecule has 0 aliphatic carbocycles. The van der Waals surface area contributed by atoms with E-state index in [0.717, 1.165) is 17.2 Å². The first-order valence-corrected chi connectivity index (χ1v) is 13.1. The van der Waals surface area contributed by atoms with Crippen molar-refractivity contribution in [3.8, 4) is 35.1 Å². The third-order valence-electron chi connectivity index (χ3n) is 5.96. The number of amides is 2. The molecule has 4 aromatic rings. The predicted octanol–water partition coefficient (Wildman–Crippen LogP) is 4.64. The van der Waals surface area contributed by atoms with Crippen LogP contribution in [-0.4, -0.2) is 32.2 Å². The number of aromatic hydroxyl groups is 4. The molecule has 6 N–H and O–H groups in total. The van der Waals surface area contributed by atoms with Crippen molar-refractivity contribution in [1.82, 2.24) is 10.6 Å². The van der Waals surface area contributed by atoms with E-state index in [9.17, 15) is 30.0 Å². The third kappa shape index (κ3) is 9.84. The summed E-state index contributed by atoms with van der Waals surface area (Å²) in [6.07, 6.45) is 2.51. The van der Waals surface area contributed by atoms with Crippen LogP contribution < -0.4 is 10.6 Å². The molecule has 0 aliphatic heterocycles. The molecule has 4 rings (SSSR count). The summed E-state index contributed by atoms with van der Waals surface area (Å²) in [6, 6.07) is 30.5. The monoisotopic (exact) mass is 588 g/mol. The van der Waals surface area contributed by atoms with Crippen LogP contribution in [-0.2, 0) is 22.7 Å².